The summed E-state index contributed by atoms with van der Waals surface area (Å²) in [6, 6.07) is 2.33. The second kappa shape index (κ2) is 1.90. The third kappa shape index (κ3) is 1.03. The van der Waals surface area contributed by atoms with Gasteiger partial charge in [0.05, 0.1) is 1.37 Å². The fraction of sp³-hybridized carbons (Fsp3) is 0. The summed E-state index contributed by atoms with van der Waals surface area (Å²) in [5, 5.41) is 0. The van der Waals surface area contributed by atoms with Gasteiger partial charge in [0.2, 0.25) is 0 Å². The summed E-state index contributed by atoms with van der Waals surface area (Å²) < 4.78 is 31.0. The minimum atomic E-state index is -0.698. The highest BCUT2D eigenvalue weighted by Crippen LogP contribution is 1.98. The molecule has 0 aliphatic carbocycles. The van der Waals surface area contributed by atoms with Gasteiger partial charge in [-0.15, -0.1) is 0 Å². The van der Waals surface area contributed by atoms with Gasteiger partial charge in [-0.2, -0.15) is 0 Å². The van der Waals surface area contributed by atoms with Crippen LogP contribution in [-0.2, 0) is 0 Å². The molecular formula is C6H4F2. The Labute approximate surface area is 47.2 Å². The first-order valence-electron chi connectivity index (χ1n) is 2.62. The number of benzene rings is 1. The molecule has 0 amide bonds. The van der Waals surface area contributed by atoms with Crippen molar-refractivity contribution in [2.24, 2.45) is 0 Å². The van der Waals surface area contributed by atoms with E-state index in [1.54, 1.807) is 0 Å². The number of hydrogen-bond donors (Lipinski definition) is 0. The van der Waals surface area contributed by atoms with Crippen LogP contribution in [0.5, 0.6) is 0 Å². The largest absolute Gasteiger partial charge is 0.207 e. The first-order valence-corrected chi connectivity index (χ1v) is 2.12. The van der Waals surface area contributed by atoms with E-state index in [2.05, 4.69) is 0 Å². The van der Waals surface area contributed by atoms with Gasteiger partial charge in [0.15, 0.2) is 0 Å². The van der Waals surface area contributed by atoms with Crippen molar-refractivity contribution in [3.8, 4) is 0 Å². The molecule has 0 bridgehead atoms. The third-order valence-corrected chi connectivity index (χ3v) is 0.737. The molecule has 0 aliphatic heterocycles. The molecule has 0 radical (unpaired) electrons. The highest BCUT2D eigenvalue weighted by molar-refractivity contribution is 5.04. The van der Waals surface area contributed by atoms with Crippen LogP contribution in [0, 0.1) is 11.6 Å². The zero-order chi connectivity index (χ0) is 6.85. The Kier molecular flexibility index (Phi) is 0.954. The molecule has 8 heavy (non-hydrogen) atoms. The summed E-state index contributed by atoms with van der Waals surface area (Å²) in [6.07, 6.45) is 0. The minimum Gasteiger partial charge on any atom is -0.207 e. The highest BCUT2D eigenvalue weighted by Gasteiger charge is 1.86. The Morgan fingerprint density at radius 1 is 1.12 bits per heavy atom. The second-order valence-electron chi connectivity index (χ2n) is 1.35. The van der Waals surface area contributed by atoms with Crippen LogP contribution in [0.15, 0.2) is 24.2 Å². The van der Waals surface area contributed by atoms with Gasteiger partial charge in [0, 0.05) is 0 Å². The second-order valence-corrected chi connectivity index (χ2v) is 1.35. The Balaban J connectivity index is 3.17. The van der Waals surface area contributed by atoms with Crippen LogP contribution in [0.4, 0.5) is 8.78 Å². The summed E-state index contributed by atoms with van der Waals surface area (Å²) in [5.74, 6) is -1.28. The molecule has 2 heteroatoms. The van der Waals surface area contributed by atoms with Gasteiger partial charge >= 0.3 is 0 Å². The average molecular weight is 115 g/mol. The predicted molar refractivity (Wildman–Crippen MR) is 26.4 cm³/mol. The summed E-state index contributed by atoms with van der Waals surface area (Å²) >= 11 is 0. The van der Waals surface area contributed by atoms with Crippen molar-refractivity contribution in [2.75, 3.05) is 0 Å². The van der Waals surface area contributed by atoms with Gasteiger partial charge in [-0.1, -0.05) is 0 Å². The third-order valence-electron chi connectivity index (χ3n) is 0.737. The van der Waals surface area contributed by atoms with Gasteiger partial charge in [0.25, 0.3) is 0 Å². The molecule has 0 spiro atoms. The standard InChI is InChI=1S/C6H4F2/c7-5-1-2-6(8)4-3-5/h1-4H/i1D. The van der Waals surface area contributed by atoms with E-state index in [-0.39, 0.29) is 0 Å². The van der Waals surface area contributed by atoms with E-state index < -0.39 is 17.7 Å². The zero-order valence-electron chi connectivity index (χ0n) is 4.99. The smallest absolute Gasteiger partial charge is 0.123 e. The van der Waals surface area contributed by atoms with Crippen molar-refractivity contribution in [3.05, 3.63) is 35.9 Å². The topological polar surface area (TPSA) is 0 Å². The number of hydrogen-bond acceptors (Lipinski definition) is 0. The lowest BCUT2D eigenvalue weighted by molar-refractivity contribution is 0.600. The monoisotopic (exact) mass is 115 g/mol. The summed E-state index contributed by atoms with van der Waals surface area (Å²) in [4.78, 5) is 0. The molecule has 0 unspecified atom stereocenters. The van der Waals surface area contributed by atoms with Crippen LogP contribution in [0.1, 0.15) is 1.37 Å². The highest BCUT2D eigenvalue weighted by atomic mass is 19.1. The van der Waals surface area contributed by atoms with E-state index in [1.807, 2.05) is 0 Å². The quantitative estimate of drug-likeness (QED) is 0.485. The molecule has 0 aromatic heterocycles. The Bertz CT molecular complexity index is 222. The predicted octanol–water partition coefficient (Wildman–Crippen LogP) is 1.96. The van der Waals surface area contributed by atoms with E-state index in [4.69, 9.17) is 1.37 Å². The summed E-state index contributed by atoms with van der Waals surface area (Å²) in [7, 11) is 0. The molecule has 1 aromatic rings. The summed E-state index contributed by atoms with van der Waals surface area (Å²) in [6.45, 7) is 0. The van der Waals surface area contributed by atoms with Crippen LogP contribution >= 0.6 is 0 Å². The number of rotatable bonds is 0. The van der Waals surface area contributed by atoms with E-state index >= 15 is 0 Å². The van der Waals surface area contributed by atoms with Crippen molar-refractivity contribution >= 4 is 0 Å². The van der Waals surface area contributed by atoms with Gasteiger partial charge in [-0.3, -0.25) is 0 Å². The van der Waals surface area contributed by atoms with Gasteiger partial charge in [-0.25, -0.2) is 8.78 Å². The Morgan fingerprint density at radius 2 is 1.75 bits per heavy atom. The molecule has 0 fully saturated rings. The fourth-order valence-electron chi connectivity index (χ4n) is 0.387. The maximum atomic E-state index is 12.1. The lowest BCUT2D eigenvalue weighted by atomic mass is 10.3. The number of halogens is 2. The molecule has 0 nitrogen and oxygen atoms in total. The Hall–Kier alpha value is -0.920. The lowest BCUT2D eigenvalue weighted by Crippen LogP contribution is -1.72. The maximum absolute atomic E-state index is 12.1. The molecule has 0 N–H and O–H groups in total. The van der Waals surface area contributed by atoms with Crippen LogP contribution in [-0.4, -0.2) is 0 Å². The minimum absolute atomic E-state index is 0.407. The molecule has 0 saturated heterocycles. The van der Waals surface area contributed by atoms with Crippen LogP contribution in [0.3, 0.4) is 0 Å². The molecule has 0 aliphatic rings. The van der Waals surface area contributed by atoms with Crippen LogP contribution in [0.2, 0.25) is 0 Å². The lowest BCUT2D eigenvalue weighted by Gasteiger charge is -1.83. The van der Waals surface area contributed by atoms with Crippen molar-refractivity contribution < 1.29 is 10.2 Å². The van der Waals surface area contributed by atoms with Crippen LogP contribution in [0.25, 0.3) is 0 Å². The average Bonchev–Trinajstić information content (AvgIpc) is 1.80. The van der Waals surface area contributed by atoms with Gasteiger partial charge < -0.3 is 0 Å². The molecule has 0 heterocycles. The first-order chi connectivity index (χ1) is 4.20. The molecule has 1 rings (SSSR count). The van der Waals surface area contributed by atoms with Crippen molar-refractivity contribution in [1.82, 2.24) is 0 Å². The molecule has 42 valence electrons. The first kappa shape index (κ1) is 4.01. The Morgan fingerprint density at radius 3 is 2.25 bits per heavy atom. The van der Waals surface area contributed by atoms with E-state index in [0.29, 0.717) is 0 Å². The maximum Gasteiger partial charge on any atom is 0.123 e. The van der Waals surface area contributed by atoms with Gasteiger partial charge in [0.1, 0.15) is 11.6 Å². The SMILES string of the molecule is [2H]c1cc(F)ccc1F. The van der Waals surface area contributed by atoms with Crippen molar-refractivity contribution in [1.29, 1.82) is 0 Å². The van der Waals surface area contributed by atoms with E-state index in [1.165, 1.54) is 0 Å². The molecule has 0 saturated carbocycles. The molecule has 1 aromatic carbocycles. The van der Waals surface area contributed by atoms with Crippen molar-refractivity contribution in [2.45, 2.75) is 0 Å². The van der Waals surface area contributed by atoms with Gasteiger partial charge in [-0.05, 0) is 24.2 Å². The van der Waals surface area contributed by atoms with Crippen molar-refractivity contribution in [3.63, 3.8) is 0 Å². The van der Waals surface area contributed by atoms with Crippen LogP contribution < -0.4 is 0 Å². The zero-order valence-corrected chi connectivity index (χ0v) is 3.99. The summed E-state index contributed by atoms with van der Waals surface area (Å²) in [5.41, 5.74) is 0. The van der Waals surface area contributed by atoms with E-state index in [9.17, 15) is 8.78 Å². The van der Waals surface area contributed by atoms with E-state index in [0.717, 1.165) is 18.2 Å². The molecular weight excluding hydrogens is 110 g/mol. The normalized spacial score (nSPS) is 11.0. The molecule has 0 atom stereocenters. The fourth-order valence-corrected chi connectivity index (χ4v) is 0.387.